The highest BCUT2D eigenvalue weighted by molar-refractivity contribution is 5.29. The summed E-state index contributed by atoms with van der Waals surface area (Å²) in [6.45, 7) is 3.48. The summed E-state index contributed by atoms with van der Waals surface area (Å²) in [5, 5.41) is 12.2. The Hall–Kier alpha value is -1.53. The molecule has 0 heterocycles. The van der Waals surface area contributed by atoms with Crippen molar-refractivity contribution in [1.29, 1.82) is 5.26 Å². The van der Waals surface area contributed by atoms with Gasteiger partial charge in [0.2, 0.25) is 0 Å². The van der Waals surface area contributed by atoms with Crippen molar-refractivity contribution in [2.45, 2.75) is 38.6 Å². The third-order valence-electron chi connectivity index (χ3n) is 5.25. The van der Waals surface area contributed by atoms with Crippen molar-refractivity contribution in [3.63, 3.8) is 0 Å². The molecule has 0 aromatic heterocycles. The van der Waals surface area contributed by atoms with Gasteiger partial charge in [0.1, 0.15) is 11.8 Å². The van der Waals surface area contributed by atoms with E-state index in [-0.39, 0.29) is 6.61 Å². The molecular weight excluding hydrogens is 260 g/mol. The third kappa shape index (κ3) is 3.39. The Morgan fingerprint density at radius 1 is 1.29 bits per heavy atom. The Labute approximate surface area is 127 Å². The fourth-order valence-corrected chi connectivity index (χ4v) is 4.04. The van der Waals surface area contributed by atoms with E-state index in [2.05, 4.69) is 24.4 Å². The van der Waals surface area contributed by atoms with Gasteiger partial charge < -0.3 is 10.1 Å². The molecule has 3 nitrogen and oxygen atoms in total. The fourth-order valence-electron chi connectivity index (χ4n) is 4.04. The molecule has 21 heavy (non-hydrogen) atoms. The van der Waals surface area contributed by atoms with Gasteiger partial charge in [0, 0.05) is 6.04 Å². The van der Waals surface area contributed by atoms with Crippen LogP contribution >= 0.6 is 0 Å². The van der Waals surface area contributed by atoms with Crippen molar-refractivity contribution in [1.82, 2.24) is 5.32 Å². The minimum atomic E-state index is 0.109. The van der Waals surface area contributed by atoms with Crippen LogP contribution in [0.25, 0.3) is 0 Å². The average molecular weight is 284 g/mol. The van der Waals surface area contributed by atoms with E-state index < -0.39 is 0 Å². The average Bonchev–Trinajstić information content (AvgIpc) is 3.14. The van der Waals surface area contributed by atoms with Crippen LogP contribution in [0.4, 0.5) is 0 Å². The molecule has 3 rings (SSSR count). The molecule has 112 valence electrons. The van der Waals surface area contributed by atoms with E-state index in [0.717, 1.165) is 30.0 Å². The predicted molar refractivity (Wildman–Crippen MR) is 82.9 cm³/mol. The van der Waals surface area contributed by atoms with Crippen LogP contribution in [-0.2, 0) is 0 Å². The molecule has 1 N–H and O–H groups in total. The van der Waals surface area contributed by atoms with Crippen molar-refractivity contribution in [2.24, 2.45) is 17.8 Å². The topological polar surface area (TPSA) is 45.0 Å². The Kier molecular flexibility index (Phi) is 4.45. The highest BCUT2D eigenvalue weighted by atomic mass is 16.5. The zero-order valence-electron chi connectivity index (χ0n) is 12.7. The molecule has 1 aromatic carbocycles. The lowest BCUT2D eigenvalue weighted by Crippen LogP contribution is -2.28. The maximum Gasteiger partial charge on any atom is 0.174 e. The van der Waals surface area contributed by atoms with Gasteiger partial charge in [-0.05, 0) is 68.2 Å². The van der Waals surface area contributed by atoms with Gasteiger partial charge in [0.25, 0.3) is 0 Å². The zero-order chi connectivity index (χ0) is 14.7. The van der Waals surface area contributed by atoms with Crippen LogP contribution in [-0.4, -0.2) is 13.2 Å². The molecule has 2 aliphatic carbocycles. The molecule has 0 aliphatic heterocycles. The standard InChI is InChI=1S/C18H24N2O/c1-13(15-4-6-18(7-5-15)21-9-8-19)20-12-17-11-14-2-3-16(17)10-14/h4-7,13-14,16-17,20H,2-3,9-12H2,1H3. The largest absolute Gasteiger partial charge is 0.479 e. The van der Waals surface area contributed by atoms with Gasteiger partial charge in [-0.2, -0.15) is 5.26 Å². The van der Waals surface area contributed by atoms with Gasteiger partial charge in [0.05, 0.1) is 0 Å². The summed E-state index contributed by atoms with van der Waals surface area (Å²) in [5.74, 6) is 3.66. The van der Waals surface area contributed by atoms with Crippen molar-refractivity contribution >= 4 is 0 Å². The third-order valence-corrected chi connectivity index (χ3v) is 5.25. The first-order valence-electron chi connectivity index (χ1n) is 8.09. The first kappa shape index (κ1) is 14.4. The van der Waals surface area contributed by atoms with Gasteiger partial charge in [-0.1, -0.05) is 18.6 Å². The molecule has 0 saturated heterocycles. The highest BCUT2D eigenvalue weighted by Crippen LogP contribution is 2.48. The van der Waals surface area contributed by atoms with Gasteiger partial charge in [-0.3, -0.25) is 0 Å². The molecule has 0 spiro atoms. The van der Waals surface area contributed by atoms with E-state index in [1.807, 2.05) is 18.2 Å². The highest BCUT2D eigenvalue weighted by Gasteiger charge is 2.39. The smallest absolute Gasteiger partial charge is 0.174 e. The molecule has 1 aromatic rings. The van der Waals surface area contributed by atoms with Gasteiger partial charge in [0.15, 0.2) is 6.61 Å². The van der Waals surface area contributed by atoms with E-state index in [4.69, 9.17) is 10.00 Å². The first-order chi connectivity index (χ1) is 10.3. The quantitative estimate of drug-likeness (QED) is 0.866. The Morgan fingerprint density at radius 3 is 2.71 bits per heavy atom. The summed E-state index contributed by atoms with van der Waals surface area (Å²) in [5.41, 5.74) is 1.28. The van der Waals surface area contributed by atoms with Gasteiger partial charge in [-0.25, -0.2) is 0 Å². The van der Waals surface area contributed by atoms with Crippen LogP contribution in [0.15, 0.2) is 24.3 Å². The number of fused-ring (bicyclic) bond motifs is 2. The lowest BCUT2D eigenvalue weighted by atomic mass is 9.88. The Bertz CT molecular complexity index is 505. The van der Waals surface area contributed by atoms with Crippen LogP contribution in [0.5, 0.6) is 5.75 Å². The van der Waals surface area contributed by atoms with Crippen LogP contribution < -0.4 is 10.1 Å². The summed E-state index contributed by atoms with van der Waals surface area (Å²) < 4.78 is 5.28. The van der Waals surface area contributed by atoms with E-state index in [9.17, 15) is 0 Å². The second-order valence-electron chi connectivity index (χ2n) is 6.58. The van der Waals surface area contributed by atoms with Crippen LogP contribution in [0.2, 0.25) is 0 Å². The monoisotopic (exact) mass is 284 g/mol. The summed E-state index contributed by atoms with van der Waals surface area (Å²) in [7, 11) is 0. The van der Waals surface area contributed by atoms with Crippen molar-refractivity contribution < 1.29 is 4.74 Å². The summed E-state index contributed by atoms with van der Waals surface area (Å²) >= 11 is 0. The number of ether oxygens (including phenoxy) is 1. The summed E-state index contributed by atoms with van der Waals surface area (Å²) in [6, 6.07) is 10.4. The zero-order valence-corrected chi connectivity index (χ0v) is 12.7. The summed E-state index contributed by atoms with van der Waals surface area (Å²) in [4.78, 5) is 0. The number of hydrogen-bond acceptors (Lipinski definition) is 3. The number of benzene rings is 1. The molecule has 4 unspecified atom stereocenters. The molecule has 2 bridgehead atoms. The lowest BCUT2D eigenvalue weighted by Gasteiger charge is -2.24. The van der Waals surface area contributed by atoms with Crippen LogP contribution in [0.1, 0.15) is 44.2 Å². The number of nitriles is 1. The Morgan fingerprint density at radius 2 is 2.10 bits per heavy atom. The van der Waals surface area contributed by atoms with Crippen molar-refractivity contribution in [3.05, 3.63) is 29.8 Å². The van der Waals surface area contributed by atoms with Crippen LogP contribution in [0, 0.1) is 29.1 Å². The predicted octanol–water partition coefficient (Wildman–Crippen LogP) is 3.68. The van der Waals surface area contributed by atoms with E-state index in [1.54, 1.807) is 0 Å². The number of nitrogens with zero attached hydrogens (tertiary/aromatic N) is 1. The second-order valence-corrected chi connectivity index (χ2v) is 6.58. The van der Waals surface area contributed by atoms with E-state index in [0.29, 0.717) is 6.04 Å². The second kappa shape index (κ2) is 6.49. The first-order valence-corrected chi connectivity index (χ1v) is 8.09. The molecule has 4 atom stereocenters. The normalized spacial score (nSPS) is 28.3. The molecule has 2 aliphatic rings. The molecule has 0 amide bonds. The lowest BCUT2D eigenvalue weighted by molar-refractivity contribution is 0.309. The Balaban J connectivity index is 1.48. The van der Waals surface area contributed by atoms with Gasteiger partial charge >= 0.3 is 0 Å². The minimum absolute atomic E-state index is 0.109. The molecule has 0 radical (unpaired) electrons. The van der Waals surface area contributed by atoms with Crippen LogP contribution in [0.3, 0.4) is 0 Å². The van der Waals surface area contributed by atoms with E-state index >= 15 is 0 Å². The molecule has 2 fully saturated rings. The molecule has 2 saturated carbocycles. The fraction of sp³-hybridized carbons (Fsp3) is 0.611. The molecular formula is C18H24N2O. The van der Waals surface area contributed by atoms with Gasteiger partial charge in [-0.15, -0.1) is 0 Å². The summed E-state index contributed by atoms with van der Waals surface area (Å²) in [6.07, 6.45) is 5.84. The minimum Gasteiger partial charge on any atom is -0.479 e. The van der Waals surface area contributed by atoms with Crippen molar-refractivity contribution in [2.75, 3.05) is 13.2 Å². The molecule has 3 heteroatoms. The number of hydrogen-bond donors (Lipinski definition) is 1. The SMILES string of the molecule is CC(NCC1CC2CCC1C2)c1ccc(OCC#N)cc1. The number of rotatable bonds is 6. The van der Waals surface area contributed by atoms with E-state index in [1.165, 1.54) is 31.2 Å². The maximum atomic E-state index is 8.50. The maximum absolute atomic E-state index is 8.50. The van der Waals surface area contributed by atoms with Crippen molar-refractivity contribution in [3.8, 4) is 11.8 Å². The number of nitrogens with one attached hydrogen (secondary N) is 1.